The van der Waals surface area contributed by atoms with Crippen LogP contribution in [0.15, 0.2) is 54.6 Å². The van der Waals surface area contributed by atoms with Gasteiger partial charge in [0.25, 0.3) is 0 Å². The van der Waals surface area contributed by atoms with Crippen LogP contribution in [-0.4, -0.2) is 23.2 Å². The Labute approximate surface area is 188 Å². The minimum atomic E-state index is -0.382. The summed E-state index contributed by atoms with van der Waals surface area (Å²) in [5.74, 6) is -0.221. The van der Waals surface area contributed by atoms with Gasteiger partial charge in [0.1, 0.15) is 0 Å². The summed E-state index contributed by atoms with van der Waals surface area (Å²) >= 11 is 1.81. The summed E-state index contributed by atoms with van der Waals surface area (Å²) in [6, 6.07) is 19.2. The number of hydrogen-bond acceptors (Lipinski definition) is 4. The molecule has 3 aromatic rings. The number of nitrogens with two attached hydrogens (primary N) is 1. The first-order valence-electron chi connectivity index (χ1n) is 10.9. The molecule has 162 valence electrons. The molecule has 1 aliphatic carbocycles. The third-order valence-electron chi connectivity index (χ3n) is 6.41. The van der Waals surface area contributed by atoms with Gasteiger partial charge in [0.15, 0.2) is 0 Å². The number of nitrogens with one attached hydrogen (secondary N) is 1. The molecule has 4 N–H and O–H groups in total. The summed E-state index contributed by atoms with van der Waals surface area (Å²) in [7, 11) is 0. The first kappa shape index (κ1) is 21.8. The Hall–Kier alpha value is -2.47. The summed E-state index contributed by atoms with van der Waals surface area (Å²) in [6.07, 6.45) is 2.66. The van der Waals surface area contributed by atoms with Crippen LogP contribution in [0.1, 0.15) is 64.0 Å². The molecule has 2 aromatic carbocycles. The van der Waals surface area contributed by atoms with Crippen molar-refractivity contribution in [2.24, 2.45) is 5.73 Å². The standard InChI is InChI=1S/C26H30N2O2S/c1-16(23-7-4-8-24(17(23)2)26(27)30)18-5-3-6-19(13-18)25-12-11-22(31-25)15-28-20-9-10-21(29)14-20/h3-8,11-13,16,20-21,28-29H,9-10,14-15H2,1-2H3,(H2,27,30)/t16-,20-,21+/m1/s1. The Morgan fingerprint density at radius 2 is 2.00 bits per heavy atom. The van der Waals surface area contributed by atoms with Gasteiger partial charge in [-0.15, -0.1) is 11.3 Å². The number of thiophene rings is 1. The van der Waals surface area contributed by atoms with Gasteiger partial charge in [-0.05, 0) is 72.7 Å². The van der Waals surface area contributed by atoms with Crippen LogP contribution < -0.4 is 11.1 Å². The average Bonchev–Trinajstić information content (AvgIpc) is 3.41. The van der Waals surface area contributed by atoms with Gasteiger partial charge in [-0.2, -0.15) is 0 Å². The van der Waals surface area contributed by atoms with Gasteiger partial charge in [-0.25, -0.2) is 0 Å². The van der Waals surface area contributed by atoms with E-state index in [1.54, 1.807) is 6.07 Å². The first-order valence-corrected chi connectivity index (χ1v) is 11.7. The van der Waals surface area contributed by atoms with Crippen LogP contribution in [0, 0.1) is 6.92 Å². The number of benzene rings is 2. The van der Waals surface area contributed by atoms with E-state index in [0.29, 0.717) is 11.6 Å². The average molecular weight is 435 g/mol. The molecule has 0 saturated heterocycles. The van der Waals surface area contributed by atoms with Crippen molar-refractivity contribution in [2.45, 2.75) is 57.7 Å². The van der Waals surface area contributed by atoms with Crippen molar-refractivity contribution in [3.63, 3.8) is 0 Å². The summed E-state index contributed by atoms with van der Waals surface area (Å²) < 4.78 is 0. The molecule has 4 nitrogen and oxygen atoms in total. The number of rotatable bonds is 7. The number of aliphatic hydroxyl groups excluding tert-OH is 1. The predicted molar refractivity (Wildman–Crippen MR) is 127 cm³/mol. The largest absolute Gasteiger partial charge is 0.393 e. The van der Waals surface area contributed by atoms with Crippen molar-refractivity contribution in [1.29, 1.82) is 0 Å². The van der Waals surface area contributed by atoms with Gasteiger partial charge in [0, 0.05) is 33.8 Å². The first-order chi connectivity index (χ1) is 14.9. The Morgan fingerprint density at radius 1 is 1.19 bits per heavy atom. The second-order valence-corrected chi connectivity index (χ2v) is 9.71. The lowest BCUT2D eigenvalue weighted by molar-refractivity contribution is 0.0999. The van der Waals surface area contributed by atoms with Crippen molar-refractivity contribution in [1.82, 2.24) is 5.32 Å². The number of aliphatic hydroxyl groups is 1. The molecule has 1 heterocycles. The van der Waals surface area contributed by atoms with E-state index in [2.05, 4.69) is 54.7 Å². The van der Waals surface area contributed by atoms with Crippen LogP contribution in [0.3, 0.4) is 0 Å². The minimum Gasteiger partial charge on any atom is -0.393 e. The second-order valence-electron chi connectivity index (χ2n) is 8.54. The molecule has 3 atom stereocenters. The van der Waals surface area contributed by atoms with Gasteiger partial charge in [-0.3, -0.25) is 4.79 Å². The fourth-order valence-electron chi connectivity index (χ4n) is 4.55. The van der Waals surface area contributed by atoms with E-state index in [-0.39, 0.29) is 17.9 Å². The SMILES string of the molecule is Cc1c(C(N)=O)cccc1[C@H](C)c1cccc(-c2ccc(CN[C@@H]3CC[C@H](O)C3)s2)c1. The van der Waals surface area contributed by atoms with E-state index >= 15 is 0 Å². The van der Waals surface area contributed by atoms with Crippen molar-refractivity contribution in [3.8, 4) is 10.4 Å². The molecule has 4 rings (SSSR count). The van der Waals surface area contributed by atoms with Gasteiger partial charge >= 0.3 is 0 Å². The van der Waals surface area contributed by atoms with Crippen LogP contribution >= 0.6 is 11.3 Å². The van der Waals surface area contributed by atoms with Crippen LogP contribution in [0.4, 0.5) is 0 Å². The van der Waals surface area contributed by atoms with E-state index in [4.69, 9.17) is 5.73 Å². The molecule has 5 heteroatoms. The summed E-state index contributed by atoms with van der Waals surface area (Å²) in [6.45, 7) is 4.99. The monoisotopic (exact) mass is 434 g/mol. The summed E-state index contributed by atoms with van der Waals surface area (Å²) in [5, 5.41) is 13.3. The lowest BCUT2D eigenvalue weighted by atomic mass is 9.87. The Bertz CT molecular complexity index is 1070. The number of hydrogen-bond donors (Lipinski definition) is 3. The van der Waals surface area contributed by atoms with E-state index in [1.165, 1.54) is 20.9 Å². The quantitative estimate of drug-likeness (QED) is 0.491. The maximum Gasteiger partial charge on any atom is 0.248 e. The van der Waals surface area contributed by atoms with E-state index in [9.17, 15) is 9.90 Å². The number of carbonyl (C=O) groups excluding carboxylic acids is 1. The van der Waals surface area contributed by atoms with Gasteiger partial charge in [0.05, 0.1) is 6.10 Å². The molecular weight excluding hydrogens is 404 g/mol. The number of primary amides is 1. The third kappa shape index (κ3) is 4.90. The van der Waals surface area contributed by atoms with Crippen LogP contribution in [0.5, 0.6) is 0 Å². The predicted octanol–water partition coefficient (Wildman–Crippen LogP) is 4.98. The van der Waals surface area contributed by atoms with Crippen LogP contribution in [0.2, 0.25) is 0 Å². The van der Waals surface area contributed by atoms with Crippen molar-refractivity contribution in [3.05, 3.63) is 81.7 Å². The highest BCUT2D eigenvalue weighted by Crippen LogP contribution is 2.33. The summed E-state index contributed by atoms with van der Waals surface area (Å²) in [4.78, 5) is 14.3. The van der Waals surface area contributed by atoms with E-state index in [1.807, 2.05) is 24.3 Å². The van der Waals surface area contributed by atoms with Gasteiger partial charge in [0.2, 0.25) is 5.91 Å². The second kappa shape index (κ2) is 9.35. The smallest absolute Gasteiger partial charge is 0.248 e. The molecule has 0 unspecified atom stereocenters. The normalized spacial score (nSPS) is 19.5. The van der Waals surface area contributed by atoms with Gasteiger partial charge < -0.3 is 16.2 Å². The zero-order chi connectivity index (χ0) is 22.0. The third-order valence-corrected chi connectivity index (χ3v) is 7.54. The van der Waals surface area contributed by atoms with E-state index < -0.39 is 0 Å². The Morgan fingerprint density at radius 3 is 2.74 bits per heavy atom. The molecule has 1 amide bonds. The molecule has 1 aliphatic rings. The minimum absolute atomic E-state index is 0.145. The molecular formula is C26H30N2O2S. The molecule has 0 bridgehead atoms. The Kier molecular flexibility index (Phi) is 6.56. The fraction of sp³-hybridized carbons (Fsp3) is 0.346. The lowest BCUT2D eigenvalue weighted by Gasteiger charge is -2.17. The molecule has 31 heavy (non-hydrogen) atoms. The topological polar surface area (TPSA) is 75.4 Å². The highest BCUT2D eigenvalue weighted by Gasteiger charge is 2.22. The molecule has 0 aliphatic heterocycles. The zero-order valence-electron chi connectivity index (χ0n) is 18.1. The van der Waals surface area contributed by atoms with Crippen LogP contribution in [-0.2, 0) is 6.54 Å². The molecule has 1 saturated carbocycles. The Balaban J connectivity index is 1.51. The zero-order valence-corrected chi connectivity index (χ0v) is 18.9. The maximum atomic E-state index is 11.7. The maximum absolute atomic E-state index is 11.7. The summed E-state index contributed by atoms with van der Waals surface area (Å²) in [5.41, 5.74) is 10.6. The van der Waals surface area contributed by atoms with Crippen LogP contribution in [0.25, 0.3) is 10.4 Å². The number of amides is 1. The van der Waals surface area contributed by atoms with Crippen molar-refractivity contribution in [2.75, 3.05) is 0 Å². The molecule has 1 fully saturated rings. The highest BCUT2D eigenvalue weighted by atomic mass is 32.1. The van der Waals surface area contributed by atoms with Gasteiger partial charge in [-0.1, -0.05) is 37.3 Å². The lowest BCUT2D eigenvalue weighted by Crippen LogP contribution is -2.25. The van der Waals surface area contributed by atoms with E-state index in [0.717, 1.165) is 36.9 Å². The molecule has 0 spiro atoms. The highest BCUT2D eigenvalue weighted by molar-refractivity contribution is 7.15. The van der Waals surface area contributed by atoms with Crippen molar-refractivity contribution >= 4 is 17.2 Å². The van der Waals surface area contributed by atoms with Crippen molar-refractivity contribution < 1.29 is 9.90 Å². The molecule has 1 aromatic heterocycles. The number of carbonyl (C=O) groups is 1. The molecule has 0 radical (unpaired) electrons. The fourth-order valence-corrected chi connectivity index (χ4v) is 5.50.